The lowest BCUT2D eigenvalue weighted by Gasteiger charge is -2.35. The highest BCUT2D eigenvalue weighted by molar-refractivity contribution is 7.89. The Morgan fingerprint density at radius 3 is 2.06 bits per heavy atom. The summed E-state index contributed by atoms with van der Waals surface area (Å²) in [5, 5.41) is 2.89. The van der Waals surface area contributed by atoms with E-state index in [-0.39, 0.29) is 10.8 Å². The van der Waals surface area contributed by atoms with Gasteiger partial charge in [0, 0.05) is 56.2 Å². The Kier molecular flexibility index (Phi) is 6.60. The van der Waals surface area contributed by atoms with E-state index in [0.29, 0.717) is 18.7 Å². The summed E-state index contributed by atoms with van der Waals surface area (Å²) >= 11 is 0. The van der Waals surface area contributed by atoms with Crippen LogP contribution in [-0.2, 0) is 10.0 Å². The third-order valence-corrected chi connectivity index (χ3v) is 8.04. The second-order valence-corrected chi connectivity index (χ2v) is 10.00. The molecule has 0 aliphatic carbocycles. The summed E-state index contributed by atoms with van der Waals surface area (Å²) in [6, 6.07) is 14.0. The van der Waals surface area contributed by atoms with Crippen molar-refractivity contribution in [1.29, 1.82) is 0 Å². The smallest absolute Gasteiger partial charge is 0.255 e. The Bertz CT molecular complexity index is 992. The topological polar surface area (TPSA) is 73.0 Å². The molecule has 2 heterocycles. The summed E-state index contributed by atoms with van der Waals surface area (Å²) < 4.78 is 26.8. The van der Waals surface area contributed by atoms with Crippen molar-refractivity contribution in [1.82, 2.24) is 9.21 Å². The van der Waals surface area contributed by atoms with Gasteiger partial charge in [0.05, 0.1) is 4.90 Å². The molecule has 7 nitrogen and oxygen atoms in total. The Hall–Kier alpha value is -2.42. The van der Waals surface area contributed by atoms with Gasteiger partial charge in [-0.1, -0.05) is 6.92 Å². The molecule has 2 aliphatic heterocycles. The highest BCUT2D eigenvalue weighted by atomic mass is 32.2. The number of amides is 1. The van der Waals surface area contributed by atoms with Crippen LogP contribution >= 0.6 is 0 Å². The first kappa shape index (κ1) is 21.8. The second-order valence-electron chi connectivity index (χ2n) is 8.06. The van der Waals surface area contributed by atoms with Gasteiger partial charge in [-0.15, -0.1) is 0 Å². The zero-order chi connectivity index (χ0) is 21.8. The van der Waals surface area contributed by atoms with Gasteiger partial charge in [-0.2, -0.15) is 4.31 Å². The lowest BCUT2D eigenvalue weighted by atomic mass is 10.2. The van der Waals surface area contributed by atoms with Crippen LogP contribution in [-0.4, -0.2) is 69.3 Å². The van der Waals surface area contributed by atoms with Crippen LogP contribution in [0.5, 0.6) is 0 Å². The Morgan fingerprint density at radius 1 is 0.871 bits per heavy atom. The molecule has 31 heavy (non-hydrogen) atoms. The molecule has 0 spiro atoms. The molecule has 0 saturated carbocycles. The average Bonchev–Trinajstić information content (AvgIpc) is 3.36. The molecule has 2 fully saturated rings. The van der Waals surface area contributed by atoms with Gasteiger partial charge in [0.15, 0.2) is 0 Å². The van der Waals surface area contributed by atoms with E-state index >= 15 is 0 Å². The first-order chi connectivity index (χ1) is 15.0. The molecule has 0 radical (unpaired) electrons. The van der Waals surface area contributed by atoms with Gasteiger partial charge in [0.25, 0.3) is 5.91 Å². The maximum atomic E-state index is 12.6. The van der Waals surface area contributed by atoms with E-state index in [1.54, 1.807) is 12.1 Å². The van der Waals surface area contributed by atoms with Gasteiger partial charge in [-0.3, -0.25) is 4.79 Å². The highest BCUT2D eigenvalue weighted by Gasteiger charge is 2.27. The lowest BCUT2D eigenvalue weighted by Crippen LogP contribution is -2.46. The standard InChI is InChI=1S/C23H30N4O3S/c1-2-25-15-17-26(18-16-25)21-9-7-20(8-10-21)24-23(28)19-5-11-22(12-6-19)31(29,30)27-13-3-4-14-27/h5-12H,2-4,13-18H2,1H3,(H,24,28). The second kappa shape index (κ2) is 9.38. The molecule has 2 aliphatic rings. The van der Waals surface area contributed by atoms with Gasteiger partial charge in [0.2, 0.25) is 10.0 Å². The third-order valence-electron chi connectivity index (χ3n) is 6.13. The summed E-state index contributed by atoms with van der Waals surface area (Å²) in [5.74, 6) is -0.255. The van der Waals surface area contributed by atoms with Crippen molar-refractivity contribution in [3.8, 4) is 0 Å². The average molecular weight is 443 g/mol. The SMILES string of the molecule is CCN1CCN(c2ccc(NC(=O)c3ccc(S(=O)(=O)N4CCCC4)cc3)cc2)CC1. The first-order valence-electron chi connectivity index (χ1n) is 11.0. The highest BCUT2D eigenvalue weighted by Crippen LogP contribution is 2.22. The number of hydrogen-bond acceptors (Lipinski definition) is 5. The Labute approximate surface area is 184 Å². The number of piperazine rings is 1. The van der Waals surface area contributed by atoms with Crippen LogP contribution in [0.4, 0.5) is 11.4 Å². The van der Waals surface area contributed by atoms with Crippen molar-refractivity contribution in [2.75, 3.05) is 56.0 Å². The van der Waals surface area contributed by atoms with Crippen LogP contribution in [0.2, 0.25) is 0 Å². The minimum atomic E-state index is -3.47. The van der Waals surface area contributed by atoms with E-state index in [2.05, 4.69) is 22.0 Å². The first-order valence-corrected chi connectivity index (χ1v) is 12.4. The molecule has 0 bridgehead atoms. The van der Waals surface area contributed by atoms with Crippen molar-refractivity contribution < 1.29 is 13.2 Å². The van der Waals surface area contributed by atoms with Gasteiger partial charge in [-0.05, 0) is 67.9 Å². The van der Waals surface area contributed by atoms with Crippen LogP contribution in [0.3, 0.4) is 0 Å². The van der Waals surface area contributed by atoms with E-state index in [4.69, 9.17) is 0 Å². The molecule has 0 atom stereocenters. The Balaban J connectivity index is 1.37. The predicted octanol–water partition coefficient (Wildman–Crippen LogP) is 2.87. The summed E-state index contributed by atoms with van der Waals surface area (Å²) in [4.78, 5) is 17.6. The summed E-state index contributed by atoms with van der Waals surface area (Å²) in [6.45, 7) is 8.55. The van der Waals surface area contributed by atoms with E-state index in [9.17, 15) is 13.2 Å². The monoisotopic (exact) mass is 442 g/mol. The zero-order valence-corrected chi connectivity index (χ0v) is 18.8. The minimum Gasteiger partial charge on any atom is -0.369 e. The van der Waals surface area contributed by atoms with E-state index in [1.807, 2.05) is 24.3 Å². The molecule has 0 unspecified atom stereocenters. The number of carbonyl (C=O) groups excluding carboxylic acids is 1. The number of nitrogens with one attached hydrogen (secondary N) is 1. The maximum Gasteiger partial charge on any atom is 0.255 e. The van der Waals surface area contributed by atoms with Crippen molar-refractivity contribution in [2.24, 2.45) is 0 Å². The minimum absolute atomic E-state index is 0.235. The fraction of sp³-hybridized carbons (Fsp3) is 0.435. The number of anilines is 2. The fourth-order valence-electron chi connectivity index (χ4n) is 4.14. The van der Waals surface area contributed by atoms with Gasteiger partial charge in [-0.25, -0.2) is 8.42 Å². The number of benzene rings is 2. The molecule has 2 saturated heterocycles. The van der Waals surface area contributed by atoms with E-state index in [0.717, 1.165) is 56.9 Å². The molecule has 4 rings (SSSR count). The molecular weight excluding hydrogens is 412 g/mol. The molecule has 2 aromatic carbocycles. The molecular formula is C23H30N4O3S. The summed E-state index contributed by atoms with van der Waals surface area (Å²) in [6.07, 6.45) is 1.79. The van der Waals surface area contributed by atoms with E-state index < -0.39 is 10.0 Å². The number of nitrogens with zero attached hydrogens (tertiary/aromatic N) is 3. The van der Waals surface area contributed by atoms with Crippen LogP contribution in [0.15, 0.2) is 53.4 Å². The van der Waals surface area contributed by atoms with Crippen LogP contribution in [0, 0.1) is 0 Å². The molecule has 0 aromatic heterocycles. The predicted molar refractivity (Wildman–Crippen MR) is 123 cm³/mol. The quantitative estimate of drug-likeness (QED) is 0.745. The van der Waals surface area contributed by atoms with Crippen molar-refractivity contribution >= 4 is 27.3 Å². The van der Waals surface area contributed by atoms with E-state index in [1.165, 1.54) is 16.4 Å². The van der Waals surface area contributed by atoms with Gasteiger partial charge < -0.3 is 15.1 Å². The Morgan fingerprint density at radius 2 is 1.48 bits per heavy atom. The molecule has 166 valence electrons. The van der Waals surface area contributed by atoms with Gasteiger partial charge in [0.1, 0.15) is 0 Å². The molecule has 1 N–H and O–H groups in total. The molecule has 2 aromatic rings. The van der Waals surface area contributed by atoms with Crippen LogP contribution in [0.1, 0.15) is 30.1 Å². The fourth-order valence-corrected chi connectivity index (χ4v) is 5.65. The van der Waals surface area contributed by atoms with Crippen molar-refractivity contribution in [3.63, 3.8) is 0 Å². The van der Waals surface area contributed by atoms with Crippen molar-refractivity contribution in [2.45, 2.75) is 24.7 Å². The normalized spacial score (nSPS) is 18.3. The number of sulfonamides is 1. The zero-order valence-electron chi connectivity index (χ0n) is 18.0. The number of likely N-dealkylation sites (N-methyl/N-ethyl adjacent to an activating group) is 1. The number of rotatable bonds is 6. The van der Waals surface area contributed by atoms with Gasteiger partial charge >= 0.3 is 0 Å². The summed E-state index contributed by atoms with van der Waals surface area (Å²) in [5.41, 5.74) is 2.31. The van der Waals surface area contributed by atoms with Crippen LogP contribution in [0.25, 0.3) is 0 Å². The number of hydrogen-bond donors (Lipinski definition) is 1. The molecule has 8 heteroatoms. The van der Waals surface area contributed by atoms with Crippen LogP contribution < -0.4 is 10.2 Å². The van der Waals surface area contributed by atoms with Crippen molar-refractivity contribution in [3.05, 3.63) is 54.1 Å². The largest absolute Gasteiger partial charge is 0.369 e. The third kappa shape index (κ3) is 4.92. The molecule has 1 amide bonds. The number of carbonyl (C=O) groups is 1. The maximum absolute atomic E-state index is 12.6. The lowest BCUT2D eigenvalue weighted by molar-refractivity contribution is 0.102. The summed E-state index contributed by atoms with van der Waals surface area (Å²) in [7, 11) is -3.47.